The fourth-order valence-electron chi connectivity index (χ4n) is 4.31. The van der Waals surface area contributed by atoms with Gasteiger partial charge in [0.2, 0.25) is 5.91 Å². The maximum atomic E-state index is 13.2. The highest BCUT2D eigenvalue weighted by atomic mass is 19.1. The standard InChI is InChI=1S/C26H33FN2O4/c1-18(2)16-29(21-6-4-3-5-7-21)24-13-12-22(33-17-26(31)32)15-23(24)28-25(30)14-19-8-10-20(27)11-9-19/h8-13,15,18,21H,3-7,14,16-17H2,1-2H3,(H,28,30)(H,31,32). The zero-order valence-electron chi connectivity index (χ0n) is 19.4. The smallest absolute Gasteiger partial charge is 0.341 e. The van der Waals surface area contributed by atoms with Crippen LogP contribution in [0.4, 0.5) is 15.8 Å². The number of carbonyl (C=O) groups is 2. The fourth-order valence-corrected chi connectivity index (χ4v) is 4.31. The molecule has 7 heteroatoms. The molecule has 1 saturated carbocycles. The maximum absolute atomic E-state index is 13.2. The van der Waals surface area contributed by atoms with Gasteiger partial charge in [0.1, 0.15) is 11.6 Å². The summed E-state index contributed by atoms with van der Waals surface area (Å²) in [6, 6.07) is 11.6. The van der Waals surface area contributed by atoms with Crippen molar-refractivity contribution >= 4 is 23.3 Å². The first-order chi connectivity index (χ1) is 15.8. The molecule has 0 saturated heterocycles. The lowest BCUT2D eigenvalue weighted by atomic mass is 9.93. The molecule has 3 rings (SSSR count). The van der Waals surface area contributed by atoms with Crippen LogP contribution in [-0.4, -0.2) is 36.2 Å². The summed E-state index contributed by atoms with van der Waals surface area (Å²) in [7, 11) is 0. The van der Waals surface area contributed by atoms with E-state index in [1.807, 2.05) is 6.07 Å². The molecule has 2 aromatic carbocycles. The number of hydrogen-bond donors (Lipinski definition) is 2. The molecule has 0 atom stereocenters. The lowest BCUT2D eigenvalue weighted by Gasteiger charge is -2.38. The highest BCUT2D eigenvalue weighted by molar-refractivity contribution is 5.96. The Balaban J connectivity index is 1.88. The van der Waals surface area contributed by atoms with Crippen LogP contribution in [0.3, 0.4) is 0 Å². The van der Waals surface area contributed by atoms with E-state index in [-0.39, 0.29) is 18.1 Å². The molecule has 6 nitrogen and oxygen atoms in total. The number of anilines is 2. The van der Waals surface area contributed by atoms with Crippen LogP contribution in [0, 0.1) is 11.7 Å². The lowest BCUT2D eigenvalue weighted by molar-refractivity contribution is -0.139. The third-order valence-corrected chi connectivity index (χ3v) is 5.77. The minimum absolute atomic E-state index is 0.105. The molecule has 178 valence electrons. The maximum Gasteiger partial charge on any atom is 0.341 e. The molecule has 0 heterocycles. The number of benzene rings is 2. The van der Waals surface area contributed by atoms with Crippen molar-refractivity contribution in [2.24, 2.45) is 5.92 Å². The molecule has 0 aromatic heterocycles. The monoisotopic (exact) mass is 456 g/mol. The van der Waals surface area contributed by atoms with Gasteiger partial charge in [-0.15, -0.1) is 0 Å². The van der Waals surface area contributed by atoms with Gasteiger partial charge in [-0.1, -0.05) is 45.2 Å². The second-order valence-corrected chi connectivity index (χ2v) is 9.05. The zero-order chi connectivity index (χ0) is 23.8. The van der Waals surface area contributed by atoms with Crippen LogP contribution in [0.15, 0.2) is 42.5 Å². The topological polar surface area (TPSA) is 78.9 Å². The Morgan fingerprint density at radius 1 is 1.12 bits per heavy atom. The number of nitrogens with one attached hydrogen (secondary N) is 1. The largest absolute Gasteiger partial charge is 0.482 e. The average molecular weight is 457 g/mol. The van der Waals surface area contributed by atoms with Crippen molar-refractivity contribution < 1.29 is 23.8 Å². The highest BCUT2D eigenvalue weighted by Crippen LogP contribution is 2.36. The normalized spacial score (nSPS) is 14.2. The van der Waals surface area contributed by atoms with Gasteiger partial charge in [-0.25, -0.2) is 9.18 Å². The van der Waals surface area contributed by atoms with E-state index in [9.17, 15) is 14.0 Å². The Morgan fingerprint density at radius 2 is 1.82 bits per heavy atom. The molecule has 2 aromatic rings. The Bertz CT molecular complexity index is 940. The summed E-state index contributed by atoms with van der Waals surface area (Å²) in [5.74, 6) is -0.832. The van der Waals surface area contributed by atoms with Gasteiger partial charge in [-0.3, -0.25) is 4.79 Å². The minimum Gasteiger partial charge on any atom is -0.482 e. The van der Waals surface area contributed by atoms with Crippen molar-refractivity contribution in [2.75, 3.05) is 23.4 Å². The number of hydrogen-bond acceptors (Lipinski definition) is 4. The molecule has 0 bridgehead atoms. The Morgan fingerprint density at radius 3 is 2.45 bits per heavy atom. The zero-order valence-corrected chi connectivity index (χ0v) is 19.4. The molecule has 1 fully saturated rings. The molecule has 1 aliphatic carbocycles. The van der Waals surface area contributed by atoms with Crippen molar-refractivity contribution in [2.45, 2.75) is 58.4 Å². The molecule has 0 radical (unpaired) electrons. The van der Waals surface area contributed by atoms with Crippen LogP contribution in [0.5, 0.6) is 5.75 Å². The van der Waals surface area contributed by atoms with Crippen molar-refractivity contribution in [3.8, 4) is 5.75 Å². The summed E-state index contributed by atoms with van der Waals surface area (Å²) in [5, 5.41) is 11.9. The predicted octanol–water partition coefficient (Wildman–Crippen LogP) is 5.27. The minimum atomic E-state index is -1.07. The van der Waals surface area contributed by atoms with Gasteiger partial charge in [-0.2, -0.15) is 0 Å². The fraction of sp³-hybridized carbons (Fsp3) is 0.462. The number of amides is 1. The van der Waals surface area contributed by atoms with Crippen LogP contribution in [-0.2, 0) is 16.0 Å². The van der Waals surface area contributed by atoms with Crippen LogP contribution < -0.4 is 15.0 Å². The van der Waals surface area contributed by atoms with E-state index in [2.05, 4.69) is 24.1 Å². The second-order valence-electron chi connectivity index (χ2n) is 9.05. The van der Waals surface area contributed by atoms with Crippen molar-refractivity contribution in [3.05, 3.63) is 53.8 Å². The first-order valence-electron chi connectivity index (χ1n) is 11.6. The molecule has 0 unspecified atom stereocenters. The second kappa shape index (κ2) is 11.7. The van der Waals surface area contributed by atoms with Gasteiger partial charge in [0, 0.05) is 18.7 Å². The molecule has 1 amide bonds. The van der Waals surface area contributed by atoms with E-state index in [0.29, 0.717) is 29.0 Å². The molecule has 1 aliphatic rings. The molecule has 2 N–H and O–H groups in total. The molecule has 0 spiro atoms. The first kappa shape index (κ1) is 24.6. The van der Waals surface area contributed by atoms with Crippen LogP contribution >= 0.6 is 0 Å². The van der Waals surface area contributed by atoms with E-state index >= 15 is 0 Å². The summed E-state index contributed by atoms with van der Waals surface area (Å²) in [6.45, 7) is 4.74. The van der Waals surface area contributed by atoms with Crippen molar-refractivity contribution in [3.63, 3.8) is 0 Å². The first-order valence-corrected chi connectivity index (χ1v) is 11.6. The van der Waals surface area contributed by atoms with E-state index in [4.69, 9.17) is 9.84 Å². The van der Waals surface area contributed by atoms with Gasteiger partial charge in [0.05, 0.1) is 17.8 Å². The quantitative estimate of drug-likeness (QED) is 0.510. The third kappa shape index (κ3) is 7.48. The summed E-state index contributed by atoms with van der Waals surface area (Å²) < 4.78 is 18.6. The highest BCUT2D eigenvalue weighted by Gasteiger charge is 2.25. The SMILES string of the molecule is CC(C)CN(c1ccc(OCC(=O)O)cc1NC(=O)Cc1ccc(F)cc1)C1CCCCC1. The van der Waals surface area contributed by atoms with Crippen LogP contribution in [0.2, 0.25) is 0 Å². The molecule has 33 heavy (non-hydrogen) atoms. The van der Waals surface area contributed by atoms with Gasteiger partial charge in [0.25, 0.3) is 0 Å². The predicted molar refractivity (Wildman–Crippen MR) is 127 cm³/mol. The number of nitrogens with zero attached hydrogens (tertiary/aromatic N) is 1. The summed E-state index contributed by atoms with van der Waals surface area (Å²) in [6.07, 6.45) is 5.93. The van der Waals surface area contributed by atoms with E-state index < -0.39 is 12.6 Å². The molecule has 0 aliphatic heterocycles. The Kier molecular flexibility index (Phi) is 8.69. The Labute approximate surface area is 194 Å². The average Bonchev–Trinajstić information content (AvgIpc) is 2.78. The van der Waals surface area contributed by atoms with Crippen LogP contribution in [0.25, 0.3) is 0 Å². The number of ether oxygens (including phenoxy) is 1. The van der Waals surface area contributed by atoms with Crippen molar-refractivity contribution in [1.29, 1.82) is 0 Å². The molecular formula is C26H33FN2O4. The van der Waals surface area contributed by atoms with E-state index in [0.717, 1.165) is 25.1 Å². The van der Waals surface area contributed by atoms with Gasteiger partial charge in [-0.05, 0) is 48.6 Å². The van der Waals surface area contributed by atoms with E-state index in [1.54, 1.807) is 24.3 Å². The number of carboxylic acids is 1. The third-order valence-electron chi connectivity index (χ3n) is 5.77. The lowest BCUT2D eigenvalue weighted by Crippen LogP contribution is -2.40. The number of rotatable bonds is 10. The number of carbonyl (C=O) groups excluding carboxylic acids is 1. The molecular weight excluding hydrogens is 423 g/mol. The summed E-state index contributed by atoms with van der Waals surface area (Å²) >= 11 is 0. The summed E-state index contributed by atoms with van der Waals surface area (Å²) in [4.78, 5) is 26.2. The number of aliphatic carboxylic acids is 1. The number of carboxylic acid groups (broad SMARTS) is 1. The van der Waals surface area contributed by atoms with Crippen LogP contribution in [0.1, 0.15) is 51.5 Å². The Hall–Kier alpha value is -3.09. The van der Waals surface area contributed by atoms with Gasteiger partial charge in [0.15, 0.2) is 6.61 Å². The van der Waals surface area contributed by atoms with Gasteiger partial charge < -0.3 is 20.1 Å². The van der Waals surface area contributed by atoms with E-state index in [1.165, 1.54) is 31.4 Å². The summed E-state index contributed by atoms with van der Waals surface area (Å²) in [5.41, 5.74) is 2.21. The van der Waals surface area contributed by atoms with Crippen molar-refractivity contribution in [1.82, 2.24) is 0 Å². The van der Waals surface area contributed by atoms with Gasteiger partial charge >= 0.3 is 5.97 Å². The number of halogens is 1.